The molecule has 1 aliphatic rings. The molecule has 1 fully saturated rings. The predicted octanol–water partition coefficient (Wildman–Crippen LogP) is 1.47. The maximum atomic E-state index is 13.2. The molecular formula is C18H27N3O4S2. The van der Waals surface area contributed by atoms with Crippen LogP contribution >= 0.6 is 0 Å². The maximum Gasteiger partial charge on any atom is 0.243 e. The second kappa shape index (κ2) is 9.15. The summed E-state index contributed by atoms with van der Waals surface area (Å²) in [6.07, 6.45) is 0.931. The fraction of sp³-hybridized carbons (Fsp3) is 0.611. The minimum Gasteiger partial charge on any atom is -0.304 e. The van der Waals surface area contributed by atoms with Crippen LogP contribution in [-0.4, -0.2) is 69.8 Å². The number of rotatable bonds is 9. The van der Waals surface area contributed by atoms with E-state index in [1.54, 1.807) is 6.07 Å². The van der Waals surface area contributed by atoms with E-state index in [0.717, 1.165) is 19.6 Å². The molecule has 0 saturated carbocycles. The molecule has 150 valence electrons. The van der Waals surface area contributed by atoms with Gasteiger partial charge in [-0.15, -0.1) is 0 Å². The van der Waals surface area contributed by atoms with E-state index in [4.69, 9.17) is 5.26 Å². The van der Waals surface area contributed by atoms with E-state index in [2.05, 4.69) is 18.7 Å². The van der Waals surface area contributed by atoms with E-state index in [0.29, 0.717) is 12.8 Å². The lowest BCUT2D eigenvalue weighted by Gasteiger charge is -2.28. The van der Waals surface area contributed by atoms with Crippen LogP contribution in [0, 0.1) is 11.3 Å². The summed E-state index contributed by atoms with van der Waals surface area (Å²) in [5.74, 6) is -0.132. The third-order valence-corrected chi connectivity index (χ3v) is 8.63. The van der Waals surface area contributed by atoms with E-state index in [1.165, 1.54) is 22.5 Å². The highest BCUT2D eigenvalue weighted by atomic mass is 32.2. The van der Waals surface area contributed by atoms with Crippen molar-refractivity contribution in [2.75, 3.05) is 37.7 Å². The fourth-order valence-corrected chi connectivity index (χ4v) is 6.92. The van der Waals surface area contributed by atoms with Crippen LogP contribution in [-0.2, 0) is 19.9 Å². The number of hydrogen-bond donors (Lipinski definition) is 0. The summed E-state index contributed by atoms with van der Waals surface area (Å²) in [5, 5.41) is 9.06. The fourth-order valence-electron chi connectivity index (χ4n) is 3.35. The second-order valence-electron chi connectivity index (χ2n) is 6.69. The van der Waals surface area contributed by atoms with E-state index in [1.807, 2.05) is 6.07 Å². The van der Waals surface area contributed by atoms with Gasteiger partial charge in [-0.2, -0.15) is 9.57 Å². The molecule has 1 atom stereocenters. The van der Waals surface area contributed by atoms with Crippen molar-refractivity contribution in [2.24, 2.45) is 0 Å². The van der Waals surface area contributed by atoms with E-state index >= 15 is 0 Å². The summed E-state index contributed by atoms with van der Waals surface area (Å²) in [7, 11) is -7.09. The first-order valence-corrected chi connectivity index (χ1v) is 12.4. The summed E-state index contributed by atoms with van der Waals surface area (Å²) in [6, 6.07) is 7.27. The lowest BCUT2D eigenvalue weighted by atomic mass is 10.2. The van der Waals surface area contributed by atoms with Gasteiger partial charge in [-0.3, -0.25) is 0 Å². The first-order valence-electron chi connectivity index (χ1n) is 9.18. The summed E-state index contributed by atoms with van der Waals surface area (Å²) in [5.41, 5.74) is 0.262. The van der Waals surface area contributed by atoms with Crippen LogP contribution in [0.25, 0.3) is 0 Å². The lowest BCUT2D eigenvalue weighted by molar-refractivity contribution is 0.269. The van der Waals surface area contributed by atoms with Crippen molar-refractivity contribution < 1.29 is 16.8 Å². The van der Waals surface area contributed by atoms with Gasteiger partial charge < -0.3 is 4.90 Å². The zero-order valence-corrected chi connectivity index (χ0v) is 17.5. The average Bonchev–Trinajstić information content (AvgIpc) is 3.01. The van der Waals surface area contributed by atoms with Crippen LogP contribution in [0.5, 0.6) is 0 Å². The molecule has 27 heavy (non-hydrogen) atoms. The number of nitrogens with zero attached hydrogens (tertiary/aromatic N) is 3. The van der Waals surface area contributed by atoms with Gasteiger partial charge in [-0.25, -0.2) is 16.8 Å². The van der Waals surface area contributed by atoms with Crippen molar-refractivity contribution >= 4 is 19.9 Å². The third-order valence-electron chi connectivity index (χ3n) is 4.93. The number of hydrogen-bond acceptors (Lipinski definition) is 6. The molecule has 0 unspecified atom stereocenters. The summed E-state index contributed by atoms with van der Waals surface area (Å²) in [4.78, 5) is 2.24. The van der Waals surface area contributed by atoms with Crippen LogP contribution < -0.4 is 0 Å². The van der Waals surface area contributed by atoms with Gasteiger partial charge in [0.05, 0.1) is 28.0 Å². The van der Waals surface area contributed by atoms with E-state index in [9.17, 15) is 16.8 Å². The molecule has 0 radical (unpaired) electrons. The van der Waals surface area contributed by atoms with Crippen LogP contribution in [0.1, 0.15) is 32.3 Å². The molecule has 1 aromatic carbocycles. The monoisotopic (exact) mass is 413 g/mol. The molecular weight excluding hydrogens is 386 g/mol. The maximum absolute atomic E-state index is 13.2. The van der Waals surface area contributed by atoms with Gasteiger partial charge in [0.1, 0.15) is 0 Å². The van der Waals surface area contributed by atoms with Crippen LogP contribution in [0.3, 0.4) is 0 Å². The lowest BCUT2D eigenvalue weighted by Crippen LogP contribution is -2.42. The number of benzene rings is 1. The molecule has 0 N–H and O–H groups in total. The van der Waals surface area contributed by atoms with Gasteiger partial charge in [-0.1, -0.05) is 19.9 Å². The Morgan fingerprint density at radius 2 is 1.93 bits per heavy atom. The van der Waals surface area contributed by atoms with Crippen molar-refractivity contribution in [1.29, 1.82) is 5.26 Å². The molecule has 1 heterocycles. The highest BCUT2D eigenvalue weighted by molar-refractivity contribution is 7.92. The zero-order chi connectivity index (χ0) is 20.1. The number of sulfonamides is 1. The number of nitriles is 1. The highest BCUT2D eigenvalue weighted by Gasteiger charge is 2.38. The smallest absolute Gasteiger partial charge is 0.243 e. The molecule has 1 aromatic rings. The quantitative estimate of drug-likeness (QED) is 0.608. The minimum absolute atomic E-state index is 0.0119. The van der Waals surface area contributed by atoms with Crippen LogP contribution in [0.2, 0.25) is 0 Å². The summed E-state index contributed by atoms with van der Waals surface area (Å²) < 4.78 is 51.6. The van der Waals surface area contributed by atoms with Crippen molar-refractivity contribution in [3.8, 4) is 6.07 Å². The van der Waals surface area contributed by atoms with E-state index < -0.39 is 25.9 Å². The van der Waals surface area contributed by atoms with Crippen LogP contribution in [0.15, 0.2) is 29.2 Å². The molecule has 1 aliphatic heterocycles. The molecule has 7 nitrogen and oxygen atoms in total. The average molecular weight is 414 g/mol. The van der Waals surface area contributed by atoms with Gasteiger partial charge in [-0.05, 0) is 50.7 Å². The zero-order valence-electron chi connectivity index (χ0n) is 15.8. The van der Waals surface area contributed by atoms with E-state index in [-0.39, 0.29) is 28.5 Å². The van der Waals surface area contributed by atoms with Gasteiger partial charge >= 0.3 is 0 Å². The highest BCUT2D eigenvalue weighted by Crippen LogP contribution is 2.26. The Morgan fingerprint density at radius 3 is 2.48 bits per heavy atom. The molecule has 2 rings (SSSR count). The SMILES string of the molecule is CCN(CC)CCCN([C@@H]1CCS(=O)(=O)C1)S(=O)(=O)c1cccc(C#N)c1. The van der Waals surface area contributed by atoms with Crippen molar-refractivity contribution in [2.45, 2.75) is 37.6 Å². The Labute approximate surface area is 162 Å². The molecule has 0 aliphatic carbocycles. The van der Waals surface area contributed by atoms with Crippen LogP contribution in [0.4, 0.5) is 0 Å². The normalized spacial score (nSPS) is 19.4. The first-order chi connectivity index (χ1) is 12.7. The Bertz CT molecular complexity index is 887. The summed E-state index contributed by atoms with van der Waals surface area (Å²) >= 11 is 0. The van der Waals surface area contributed by atoms with Crippen molar-refractivity contribution in [3.63, 3.8) is 0 Å². The Balaban J connectivity index is 2.29. The standard InChI is InChI=1S/C18H27N3O4S2/c1-3-20(4-2)10-6-11-21(17-9-12-26(22,23)15-17)27(24,25)18-8-5-7-16(13-18)14-19/h5,7-8,13,17H,3-4,6,9-12,15H2,1-2H3/t17-/m1/s1. The Kier molecular flexibility index (Phi) is 7.40. The minimum atomic E-state index is -3.88. The molecule has 0 aromatic heterocycles. The Morgan fingerprint density at radius 1 is 1.22 bits per heavy atom. The summed E-state index contributed by atoms with van der Waals surface area (Å²) in [6.45, 7) is 6.87. The van der Waals surface area contributed by atoms with Crippen molar-refractivity contribution in [1.82, 2.24) is 9.21 Å². The molecule has 9 heteroatoms. The topological polar surface area (TPSA) is 98.6 Å². The third kappa shape index (κ3) is 5.51. The molecule has 0 spiro atoms. The largest absolute Gasteiger partial charge is 0.304 e. The second-order valence-corrected chi connectivity index (χ2v) is 10.8. The number of sulfone groups is 1. The first kappa shape index (κ1) is 21.8. The molecule has 1 saturated heterocycles. The van der Waals surface area contributed by atoms with Gasteiger partial charge in [0.2, 0.25) is 10.0 Å². The predicted molar refractivity (Wildman–Crippen MR) is 105 cm³/mol. The molecule has 0 bridgehead atoms. The molecule has 0 amide bonds. The van der Waals surface area contributed by atoms with Gasteiger partial charge in [0, 0.05) is 12.6 Å². The van der Waals surface area contributed by atoms with Crippen molar-refractivity contribution in [3.05, 3.63) is 29.8 Å². The Hall–Kier alpha value is -1.47. The van der Waals surface area contributed by atoms with Gasteiger partial charge in [0.15, 0.2) is 9.84 Å². The van der Waals surface area contributed by atoms with Gasteiger partial charge in [0.25, 0.3) is 0 Å².